The van der Waals surface area contributed by atoms with Crippen LogP contribution < -0.4 is 5.73 Å². The zero-order chi connectivity index (χ0) is 9.97. The molecule has 2 heterocycles. The Morgan fingerprint density at radius 1 is 1.36 bits per heavy atom. The Labute approximate surface area is 81.6 Å². The van der Waals surface area contributed by atoms with Gasteiger partial charge in [0.25, 0.3) is 0 Å². The number of hydrogen-bond donors (Lipinski definition) is 1. The van der Waals surface area contributed by atoms with Crippen molar-refractivity contribution in [3.05, 3.63) is 30.5 Å². The van der Waals surface area contributed by atoms with Crippen molar-refractivity contribution in [2.45, 2.75) is 6.54 Å². The number of nitrogens with zero attached hydrogens (tertiary/aromatic N) is 4. The zero-order valence-electron chi connectivity index (χ0n) is 7.88. The molecule has 0 atom stereocenters. The van der Waals surface area contributed by atoms with E-state index in [1.807, 2.05) is 13.2 Å². The van der Waals surface area contributed by atoms with Crippen LogP contribution in [0.5, 0.6) is 0 Å². The third-order valence-electron chi connectivity index (χ3n) is 1.95. The highest BCUT2D eigenvalue weighted by Gasteiger charge is 2.07. The average molecular weight is 189 g/mol. The smallest absolute Gasteiger partial charge is 0.0962 e. The predicted octanol–water partition coefficient (Wildman–Crippen LogP) is 0.336. The molecule has 0 aliphatic heterocycles. The lowest BCUT2D eigenvalue weighted by Crippen LogP contribution is -2.03. The van der Waals surface area contributed by atoms with Crippen LogP contribution >= 0.6 is 0 Å². The lowest BCUT2D eigenvalue weighted by atomic mass is 10.2. The van der Waals surface area contributed by atoms with Gasteiger partial charge in [-0.05, 0) is 0 Å². The van der Waals surface area contributed by atoms with Crippen LogP contribution in [-0.4, -0.2) is 19.7 Å². The highest BCUT2D eigenvalue weighted by atomic mass is 15.2. The van der Waals surface area contributed by atoms with Gasteiger partial charge in [0.15, 0.2) is 0 Å². The molecule has 0 saturated heterocycles. The summed E-state index contributed by atoms with van der Waals surface area (Å²) in [6.07, 6.45) is 6.94. The van der Waals surface area contributed by atoms with Gasteiger partial charge in [0, 0.05) is 37.7 Å². The van der Waals surface area contributed by atoms with Gasteiger partial charge in [-0.2, -0.15) is 5.10 Å². The van der Waals surface area contributed by atoms with Crippen molar-refractivity contribution in [2.75, 3.05) is 0 Å². The molecule has 5 heteroatoms. The van der Waals surface area contributed by atoms with Gasteiger partial charge in [-0.25, -0.2) is 0 Å². The molecule has 0 bridgehead atoms. The number of aryl methyl sites for hydroxylation is 1. The summed E-state index contributed by atoms with van der Waals surface area (Å²) >= 11 is 0. The molecule has 2 aromatic rings. The predicted molar refractivity (Wildman–Crippen MR) is 52.1 cm³/mol. The van der Waals surface area contributed by atoms with Crippen molar-refractivity contribution in [1.29, 1.82) is 0 Å². The first kappa shape index (κ1) is 8.83. The molecule has 0 aromatic carbocycles. The van der Waals surface area contributed by atoms with Gasteiger partial charge in [-0.3, -0.25) is 14.6 Å². The van der Waals surface area contributed by atoms with E-state index in [0.717, 1.165) is 17.0 Å². The summed E-state index contributed by atoms with van der Waals surface area (Å²) in [5.41, 5.74) is 8.11. The molecular formula is C9H11N5. The minimum atomic E-state index is 0.387. The van der Waals surface area contributed by atoms with E-state index in [4.69, 9.17) is 5.73 Å². The summed E-state index contributed by atoms with van der Waals surface area (Å²) < 4.78 is 1.73. The van der Waals surface area contributed by atoms with Crippen LogP contribution in [0.1, 0.15) is 5.69 Å². The molecule has 72 valence electrons. The Hall–Kier alpha value is -1.75. The standard InChI is InChI=1S/C9H11N5/c1-14-6-7(5-13-14)9-8(4-10)11-2-3-12-9/h2-3,5-6H,4,10H2,1H3. The topological polar surface area (TPSA) is 69.6 Å². The fourth-order valence-electron chi connectivity index (χ4n) is 1.30. The summed E-state index contributed by atoms with van der Waals surface area (Å²) in [5, 5.41) is 4.08. The summed E-state index contributed by atoms with van der Waals surface area (Å²) in [4.78, 5) is 8.40. The monoisotopic (exact) mass is 189 g/mol. The minimum Gasteiger partial charge on any atom is -0.325 e. The summed E-state index contributed by atoms with van der Waals surface area (Å²) in [7, 11) is 1.86. The minimum absolute atomic E-state index is 0.387. The largest absolute Gasteiger partial charge is 0.325 e. The molecule has 14 heavy (non-hydrogen) atoms. The molecule has 5 nitrogen and oxygen atoms in total. The molecular weight excluding hydrogens is 178 g/mol. The molecule has 0 amide bonds. The molecule has 0 fully saturated rings. The third kappa shape index (κ3) is 1.49. The number of hydrogen-bond acceptors (Lipinski definition) is 4. The van der Waals surface area contributed by atoms with E-state index in [1.165, 1.54) is 0 Å². The molecule has 0 unspecified atom stereocenters. The normalized spacial score (nSPS) is 10.4. The summed E-state index contributed by atoms with van der Waals surface area (Å²) in [6, 6.07) is 0. The van der Waals surface area contributed by atoms with Crippen molar-refractivity contribution in [3.8, 4) is 11.3 Å². The van der Waals surface area contributed by atoms with E-state index >= 15 is 0 Å². The molecule has 0 saturated carbocycles. The van der Waals surface area contributed by atoms with E-state index in [-0.39, 0.29) is 0 Å². The van der Waals surface area contributed by atoms with E-state index in [9.17, 15) is 0 Å². The highest BCUT2D eigenvalue weighted by molar-refractivity contribution is 5.59. The van der Waals surface area contributed by atoms with Crippen LogP contribution in [0.2, 0.25) is 0 Å². The molecule has 2 N–H and O–H groups in total. The van der Waals surface area contributed by atoms with Gasteiger partial charge in [-0.1, -0.05) is 0 Å². The SMILES string of the molecule is Cn1cc(-c2nccnc2CN)cn1. The van der Waals surface area contributed by atoms with Gasteiger partial charge in [0.1, 0.15) is 0 Å². The van der Waals surface area contributed by atoms with Crippen LogP contribution in [0.25, 0.3) is 11.3 Å². The Balaban J connectivity index is 2.50. The summed E-state index contributed by atoms with van der Waals surface area (Å²) in [5.74, 6) is 0. The molecule has 0 spiro atoms. The van der Waals surface area contributed by atoms with E-state index in [0.29, 0.717) is 6.54 Å². The molecule has 0 radical (unpaired) electrons. The highest BCUT2D eigenvalue weighted by Crippen LogP contribution is 2.17. The van der Waals surface area contributed by atoms with Crippen molar-refractivity contribution in [2.24, 2.45) is 12.8 Å². The molecule has 2 aromatic heterocycles. The number of aromatic nitrogens is 4. The fraction of sp³-hybridized carbons (Fsp3) is 0.222. The maximum Gasteiger partial charge on any atom is 0.0962 e. The Morgan fingerprint density at radius 3 is 2.79 bits per heavy atom. The molecule has 2 rings (SSSR count). The first-order valence-electron chi connectivity index (χ1n) is 4.30. The average Bonchev–Trinajstić information content (AvgIpc) is 2.65. The van der Waals surface area contributed by atoms with Crippen LogP contribution in [0, 0.1) is 0 Å². The van der Waals surface area contributed by atoms with Crippen LogP contribution in [0.15, 0.2) is 24.8 Å². The second-order valence-electron chi connectivity index (χ2n) is 2.96. The number of rotatable bonds is 2. The van der Waals surface area contributed by atoms with Gasteiger partial charge in [0.05, 0.1) is 17.6 Å². The van der Waals surface area contributed by atoms with E-state index in [2.05, 4.69) is 15.1 Å². The van der Waals surface area contributed by atoms with Gasteiger partial charge < -0.3 is 5.73 Å². The van der Waals surface area contributed by atoms with Crippen molar-refractivity contribution in [1.82, 2.24) is 19.7 Å². The Bertz CT molecular complexity index is 434. The first-order valence-corrected chi connectivity index (χ1v) is 4.30. The zero-order valence-corrected chi connectivity index (χ0v) is 7.88. The van der Waals surface area contributed by atoms with Crippen LogP contribution in [-0.2, 0) is 13.6 Å². The fourth-order valence-corrected chi connectivity index (χ4v) is 1.30. The van der Waals surface area contributed by atoms with Gasteiger partial charge in [0.2, 0.25) is 0 Å². The maximum absolute atomic E-state index is 5.57. The van der Waals surface area contributed by atoms with Crippen molar-refractivity contribution >= 4 is 0 Å². The third-order valence-corrected chi connectivity index (χ3v) is 1.95. The second kappa shape index (κ2) is 3.55. The molecule has 0 aliphatic carbocycles. The lowest BCUT2D eigenvalue weighted by molar-refractivity contribution is 0.768. The van der Waals surface area contributed by atoms with Crippen molar-refractivity contribution in [3.63, 3.8) is 0 Å². The van der Waals surface area contributed by atoms with Crippen LogP contribution in [0.4, 0.5) is 0 Å². The Kier molecular flexibility index (Phi) is 2.24. The second-order valence-corrected chi connectivity index (χ2v) is 2.96. The van der Waals surface area contributed by atoms with Crippen molar-refractivity contribution < 1.29 is 0 Å². The first-order chi connectivity index (χ1) is 6.81. The number of nitrogens with two attached hydrogens (primary N) is 1. The quantitative estimate of drug-likeness (QED) is 0.739. The Morgan fingerprint density at radius 2 is 2.14 bits per heavy atom. The van der Waals surface area contributed by atoms with Gasteiger partial charge >= 0.3 is 0 Å². The summed E-state index contributed by atoms with van der Waals surface area (Å²) in [6.45, 7) is 0.387. The maximum atomic E-state index is 5.57. The molecule has 0 aliphatic rings. The van der Waals surface area contributed by atoms with E-state index < -0.39 is 0 Å². The van der Waals surface area contributed by atoms with Crippen LogP contribution in [0.3, 0.4) is 0 Å². The van der Waals surface area contributed by atoms with E-state index in [1.54, 1.807) is 23.3 Å². The van der Waals surface area contributed by atoms with Gasteiger partial charge in [-0.15, -0.1) is 0 Å². The lowest BCUT2D eigenvalue weighted by Gasteiger charge is -2.01.